The van der Waals surface area contributed by atoms with E-state index in [2.05, 4.69) is 134 Å². The number of benzene rings is 2. The van der Waals surface area contributed by atoms with E-state index in [4.69, 9.17) is 11.6 Å². The van der Waals surface area contributed by atoms with Crippen LogP contribution in [0.1, 0.15) is 85.4 Å². The third-order valence-corrected chi connectivity index (χ3v) is 8.77. The van der Waals surface area contributed by atoms with Gasteiger partial charge in [-0.2, -0.15) is 5.53 Å². The lowest BCUT2D eigenvalue weighted by molar-refractivity contribution is 0.193. The Labute approximate surface area is 239 Å². The molecular formula is C33H47N7. The normalized spacial score (nSPS) is 18.0. The highest BCUT2D eigenvalue weighted by Gasteiger charge is 2.34. The Kier molecular flexibility index (Phi) is 7.89. The predicted molar refractivity (Wildman–Crippen MR) is 171 cm³/mol. The van der Waals surface area contributed by atoms with Crippen molar-refractivity contribution < 1.29 is 0 Å². The fourth-order valence-corrected chi connectivity index (χ4v) is 6.74. The van der Waals surface area contributed by atoms with Crippen LogP contribution in [0.4, 0.5) is 11.5 Å². The van der Waals surface area contributed by atoms with E-state index in [-0.39, 0.29) is 12.1 Å². The van der Waals surface area contributed by atoms with Crippen molar-refractivity contribution in [1.82, 2.24) is 19.7 Å². The first-order chi connectivity index (χ1) is 19.2. The van der Waals surface area contributed by atoms with Gasteiger partial charge in [0.25, 0.3) is 0 Å². The molecule has 2 aromatic heterocycles. The lowest BCUT2D eigenvalue weighted by Crippen LogP contribution is -2.45. The molecule has 5 rings (SSSR count). The van der Waals surface area contributed by atoms with Gasteiger partial charge in [-0.1, -0.05) is 43.3 Å². The molecule has 0 amide bonds. The molecule has 2 aromatic carbocycles. The second-order valence-corrected chi connectivity index (χ2v) is 12.0. The smallest absolute Gasteiger partial charge is 0.128 e. The van der Waals surface area contributed by atoms with Gasteiger partial charge in [-0.3, -0.25) is 10.9 Å². The van der Waals surface area contributed by atoms with E-state index in [0.717, 1.165) is 30.6 Å². The third-order valence-electron chi connectivity index (χ3n) is 8.77. The molecular weight excluding hydrogens is 494 g/mol. The van der Waals surface area contributed by atoms with Gasteiger partial charge in [0.2, 0.25) is 0 Å². The van der Waals surface area contributed by atoms with Crippen LogP contribution in [0.2, 0.25) is 0 Å². The molecule has 3 atom stereocenters. The van der Waals surface area contributed by atoms with Crippen LogP contribution >= 0.6 is 0 Å². The summed E-state index contributed by atoms with van der Waals surface area (Å²) in [7, 11) is 0. The molecule has 5 N–H and O–H groups in total. The van der Waals surface area contributed by atoms with Gasteiger partial charge in [0.15, 0.2) is 0 Å². The number of anilines is 2. The summed E-state index contributed by atoms with van der Waals surface area (Å²) in [6.45, 7) is 15.7. The van der Waals surface area contributed by atoms with Gasteiger partial charge in [0.05, 0.1) is 11.6 Å². The molecule has 1 aliphatic rings. The second-order valence-electron chi connectivity index (χ2n) is 12.0. The zero-order valence-corrected chi connectivity index (χ0v) is 25.2. The maximum atomic E-state index is 6.75. The molecule has 0 spiro atoms. The lowest BCUT2D eigenvalue weighted by Gasteiger charge is -2.33. The number of nitrogens with zero attached hydrogens (tertiary/aromatic N) is 4. The van der Waals surface area contributed by atoms with Crippen molar-refractivity contribution in [3.05, 3.63) is 66.5 Å². The lowest BCUT2D eigenvalue weighted by atomic mass is 10.0. The monoisotopic (exact) mass is 541 g/mol. The molecule has 0 saturated carbocycles. The standard InChI is InChI=1S/C33H47N7/c1-8-29-27(25-13-9-11-15-30(25)39(29)22(4)5)20-38(36-35)23(6)17-18-24(7)40-31-16-12-10-14-26(31)28-19-37(21(2)3)33(34)32(28)40/h9-16,19-24,29,36H,8,17-18,34-35H2,1-7H3/b27-20-. The number of hydrogen-bond acceptors (Lipinski definition) is 5. The molecule has 4 aromatic rings. The minimum Gasteiger partial charge on any atom is -0.383 e. The van der Waals surface area contributed by atoms with E-state index in [1.165, 1.54) is 33.1 Å². The van der Waals surface area contributed by atoms with Crippen molar-refractivity contribution in [2.24, 2.45) is 5.84 Å². The van der Waals surface area contributed by atoms with E-state index in [9.17, 15) is 0 Å². The van der Waals surface area contributed by atoms with Crippen LogP contribution in [0.5, 0.6) is 0 Å². The molecule has 40 heavy (non-hydrogen) atoms. The summed E-state index contributed by atoms with van der Waals surface area (Å²) < 4.78 is 4.64. The average Bonchev–Trinajstić information content (AvgIpc) is 3.57. The summed E-state index contributed by atoms with van der Waals surface area (Å²) in [5.41, 5.74) is 16.1. The van der Waals surface area contributed by atoms with E-state index in [0.29, 0.717) is 18.1 Å². The number of para-hydroxylation sites is 2. The van der Waals surface area contributed by atoms with Crippen molar-refractivity contribution in [3.63, 3.8) is 0 Å². The molecule has 0 fully saturated rings. The zero-order chi connectivity index (χ0) is 28.7. The van der Waals surface area contributed by atoms with E-state index < -0.39 is 0 Å². The molecule has 0 bridgehead atoms. The highest BCUT2D eigenvalue weighted by Crippen LogP contribution is 2.43. The van der Waals surface area contributed by atoms with E-state index >= 15 is 0 Å². The van der Waals surface area contributed by atoms with Crippen molar-refractivity contribution in [3.8, 4) is 0 Å². The van der Waals surface area contributed by atoms with Crippen LogP contribution in [-0.4, -0.2) is 32.3 Å². The van der Waals surface area contributed by atoms with Gasteiger partial charge in [-0.05, 0) is 72.9 Å². The summed E-state index contributed by atoms with van der Waals surface area (Å²) in [6.07, 6.45) is 7.47. The molecule has 7 nitrogen and oxygen atoms in total. The van der Waals surface area contributed by atoms with Crippen molar-refractivity contribution in [2.75, 3.05) is 10.6 Å². The Morgan fingerprint density at radius 3 is 2.30 bits per heavy atom. The second kappa shape index (κ2) is 11.2. The molecule has 7 heteroatoms. The zero-order valence-electron chi connectivity index (χ0n) is 25.2. The van der Waals surface area contributed by atoms with E-state index in [1.54, 1.807) is 0 Å². The first-order valence-electron chi connectivity index (χ1n) is 14.9. The van der Waals surface area contributed by atoms with Crippen LogP contribution in [0.15, 0.2) is 60.9 Å². The summed E-state index contributed by atoms with van der Waals surface area (Å²) in [5, 5.41) is 4.59. The van der Waals surface area contributed by atoms with Crippen molar-refractivity contribution in [1.29, 1.82) is 0 Å². The van der Waals surface area contributed by atoms with Crippen LogP contribution in [0.25, 0.3) is 27.4 Å². The number of nitrogens with one attached hydrogen (secondary N) is 1. The number of hydrogen-bond donors (Lipinski definition) is 3. The Morgan fingerprint density at radius 2 is 1.62 bits per heavy atom. The van der Waals surface area contributed by atoms with Gasteiger partial charge in [-0.25, -0.2) is 0 Å². The van der Waals surface area contributed by atoms with Crippen LogP contribution in [0, 0.1) is 0 Å². The fraction of sp³-hybridized carbons (Fsp3) is 0.455. The molecule has 0 aliphatic carbocycles. The molecule has 0 saturated heterocycles. The molecule has 3 unspecified atom stereocenters. The Morgan fingerprint density at radius 1 is 0.925 bits per heavy atom. The van der Waals surface area contributed by atoms with Crippen molar-refractivity contribution >= 4 is 38.9 Å². The van der Waals surface area contributed by atoms with Gasteiger partial charge in [0, 0.05) is 69.7 Å². The molecule has 1 aliphatic heterocycles. The number of rotatable bonds is 10. The van der Waals surface area contributed by atoms with Gasteiger partial charge < -0.3 is 19.8 Å². The summed E-state index contributed by atoms with van der Waals surface area (Å²) in [5.74, 6) is 6.99. The van der Waals surface area contributed by atoms with Crippen LogP contribution in [0.3, 0.4) is 0 Å². The third kappa shape index (κ3) is 4.65. The fourth-order valence-electron chi connectivity index (χ4n) is 6.74. The SMILES string of the molecule is CCC1/C(=C\N(NN)C(C)CCC(C)n2c3ccccc3c3cn(C(C)C)c(N)c32)c2ccccc2N1C(C)C. The molecule has 0 radical (unpaired) electrons. The minimum atomic E-state index is 0.202. The first kappa shape index (κ1) is 28.1. The number of aromatic nitrogens is 2. The van der Waals surface area contributed by atoms with Crippen LogP contribution < -0.4 is 22.0 Å². The summed E-state index contributed by atoms with van der Waals surface area (Å²) >= 11 is 0. The molecule has 3 heterocycles. The maximum absolute atomic E-state index is 6.75. The predicted octanol–water partition coefficient (Wildman–Crippen LogP) is 7.22. The summed E-state index contributed by atoms with van der Waals surface area (Å²) in [6, 6.07) is 18.9. The van der Waals surface area contributed by atoms with Gasteiger partial charge >= 0.3 is 0 Å². The summed E-state index contributed by atoms with van der Waals surface area (Å²) in [4.78, 5) is 2.54. The Bertz CT molecular complexity index is 1510. The number of hydrazine groups is 2. The largest absolute Gasteiger partial charge is 0.383 e. The Hall–Kier alpha value is -3.42. The number of nitrogens with two attached hydrogens (primary N) is 2. The number of nitrogen functional groups attached to an aromatic ring is 1. The topological polar surface area (TPSA) is 80.4 Å². The van der Waals surface area contributed by atoms with Crippen LogP contribution in [-0.2, 0) is 0 Å². The van der Waals surface area contributed by atoms with Crippen molar-refractivity contribution in [2.45, 2.75) is 97.9 Å². The van der Waals surface area contributed by atoms with Gasteiger partial charge in [-0.15, -0.1) is 0 Å². The number of fused-ring (bicyclic) bond motifs is 4. The highest BCUT2D eigenvalue weighted by molar-refractivity contribution is 6.11. The maximum Gasteiger partial charge on any atom is 0.128 e. The first-order valence-corrected chi connectivity index (χ1v) is 14.9. The average molecular weight is 542 g/mol. The highest BCUT2D eigenvalue weighted by atomic mass is 15.6. The molecule has 214 valence electrons. The van der Waals surface area contributed by atoms with E-state index in [1.807, 2.05) is 0 Å². The minimum absolute atomic E-state index is 0.202. The van der Waals surface area contributed by atoms with Gasteiger partial charge in [0.1, 0.15) is 5.82 Å². The Balaban J connectivity index is 1.42. The quantitative estimate of drug-likeness (QED) is 0.146.